The highest BCUT2D eigenvalue weighted by atomic mass is 16.5. The van der Waals surface area contributed by atoms with Crippen molar-refractivity contribution in [2.24, 2.45) is 12.0 Å². The van der Waals surface area contributed by atoms with E-state index in [1.54, 1.807) is 0 Å². The average molecular weight is 448 g/mol. The van der Waals surface area contributed by atoms with Crippen molar-refractivity contribution in [1.82, 2.24) is 20.0 Å². The highest BCUT2D eigenvalue weighted by Crippen LogP contribution is 2.21. The molecule has 7 heteroatoms. The smallest absolute Gasteiger partial charge is 0.194 e. The van der Waals surface area contributed by atoms with Gasteiger partial charge in [-0.25, -0.2) is 4.99 Å². The molecular weight excluding hydrogens is 414 g/mol. The standard InChI is InChI=1S/C26H33N5O2/c1-3-27-26(31-13-14-33-25(18-31)24-16-29-30(2)17-24)28-15-21-9-11-23(12-10-21)20-32-19-22-7-5-4-6-8-22/h4-12,16-17,25H,3,13-15,18-20H2,1-2H3,(H,27,28). The topological polar surface area (TPSA) is 63.9 Å². The number of rotatable bonds is 8. The van der Waals surface area contributed by atoms with Crippen molar-refractivity contribution in [3.63, 3.8) is 0 Å². The molecule has 2 aromatic carbocycles. The van der Waals surface area contributed by atoms with Gasteiger partial charge in [-0.05, 0) is 23.6 Å². The van der Waals surface area contributed by atoms with Crippen LogP contribution >= 0.6 is 0 Å². The van der Waals surface area contributed by atoms with E-state index in [0.717, 1.165) is 36.7 Å². The van der Waals surface area contributed by atoms with Crippen LogP contribution in [0.5, 0.6) is 0 Å². The number of hydrogen-bond donors (Lipinski definition) is 1. The summed E-state index contributed by atoms with van der Waals surface area (Å²) in [7, 11) is 1.93. The van der Waals surface area contributed by atoms with Crippen molar-refractivity contribution in [2.45, 2.75) is 32.8 Å². The molecule has 1 aliphatic rings. The largest absolute Gasteiger partial charge is 0.372 e. The molecule has 0 radical (unpaired) electrons. The van der Waals surface area contributed by atoms with Crippen LogP contribution in [-0.2, 0) is 36.3 Å². The summed E-state index contributed by atoms with van der Waals surface area (Å²) in [6.07, 6.45) is 3.90. The fourth-order valence-corrected chi connectivity index (χ4v) is 3.84. The van der Waals surface area contributed by atoms with Gasteiger partial charge >= 0.3 is 0 Å². The molecule has 0 saturated carbocycles. The van der Waals surface area contributed by atoms with Gasteiger partial charge < -0.3 is 19.7 Å². The monoisotopic (exact) mass is 447 g/mol. The lowest BCUT2D eigenvalue weighted by Crippen LogP contribution is -2.48. The summed E-state index contributed by atoms with van der Waals surface area (Å²) in [6, 6.07) is 18.7. The molecule has 0 aliphatic carbocycles. The molecule has 1 saturated heterocycles. The second-order valence-corrected chi connectivity index (χ2v) is 8.22. The van der Waals surface area contributed by atoms with Crippen LogP contribution in [0.3, 0.4) is 0 Å². The number of morpholine rings is 1. The van der Waals surface area contributed by atoms with E-state index in [0.29, 0.717) is 26.4 Å². The predicted molar refractivity (Wildman–Crippen MR) is 130 cm³/mol. The van der Waals surface area contributed by atoms with Crippen LogP contribution in [0, 0.1) is 0 Å². The van der Waals surface area contributed by atoms with Crippen LogP contribution in [0.4, 0.5) is 0 Å². The molecule has 174 valence electrons. The van der Waals surface area contributed by atoms with Crippen LogP contribution in [0.1, 0.15) is 35.3 Å². The van der Waals surface area contributed by atoms with Gasteiger partial charge in [0.25, 0.3) is 0 Å². The van der Waals surface area contributed by atoms with Gasteiger partial charge in [-0.2, -0.15) is 5.10 Å². The van der Waals surface area contributed by atoms with E-state index in [1.165, 1.54) is 11.1 Å². The highest BCUT2D eigenvalue weighted by molar-refractivity contribution is 5.80. The number of ether oxygens (including phenoxy) is 2. The lowest BCUT2D eigenvalue weighted by atomic mass is 10.1. The maximum absolute atomic E-state index is 5.98. The minimum Gasteiger partial charge on any atom is -0.372 e. The lowest BCUT2D eigenvalue weighted by molar-refractivity contribution is -0.00805. The molecule has 7 nitrogen and oxygen atoms in total. The Labute approximate surface area is 196 Å². The summed E-state index contributed by atoms with van der Waals surface area (Å²) in [4.78, 5) is 7.17. The molecule has 1 aliphatic heterocycles. The third-order valence-corrected chi connectivity index (χ3v) is 5.61. The zero-order chi connectivity index (χ0) is 22.9. The Bertz CT molecular complexity index is 1020. The maximum Gasteiger partial charge on any atom is 0.194 e. The first kappa shape index (κ1) is 23.0. The summed E-state index contributed by atoms with van der Waals surface area (Å²) in [6.45, 7) is 7.02. The molecule has 2 heterocycles. The number of aromatic nitrogens is 2. The van der Waals surface area contributed by atoms with Crippen molar-refractivity contribution >= 4 is 5.96 Å². The molecule has 1 N–H and O–H groups in total. The van der Waals surface area contributed by atoms with Gasteiger partial charge in [-0.3, -0.25) is 4.68 Å². The Hall–Kier alpha value is -3.16. The Morgan fingerprint density at radius 2 is 1.82 bits per heavy atom. The van der Waals surface area contributed by atoms with Crippen molar-refractivity contribution < 1.29 is 9.47 Å². The zero-order valence-corrected chi connectivity index (χ0v) is 19.5. The first-order chi connectivity index (χ1) is 16.2. The number of nitrogens with zero attached hydrogens (tertiary/aromatic N) is 4. The summed E-state index contributed by atoms with van der Waals surface area (Å²) in [5, 5.41) is 7.71. The molecule has 0 bridgehead atoms. The summed E-state index contributed by atoms with van der Waals surface area (Å²) in [5.41, 5.74) is 4.63. The molecule has 1 aromatic heterocycles. The van der Waals surface area contributed by atoms with Gasteiger partial charge in [-0.1, -0.05) is 54.6 Å². The van der Waals surface area contributed by atoms with E-state index in [2.05, 4.69) is 58.6 Å². The van der Waals surface area contributed by atoms with E-state index in [4.69, 9.17) is 14.5 Å². The molecule has 1 atom stereocenters. The van der Waals surface area contributed by atoms with Crippen molar-refractivity contribution in [1.29, 1.82) is 0 Å². The molecule has 3 aromatic rings. The van der Waals surface area contributed by atoms with Gasteiger partial charge in [0.15, 0.2) is 5.96 Å². The highest BCUT2D eigenvalue weighted by Gasteiger charge is 2.25. The van der Waals surface area contributed by atoms with E-state index in [1.807, 2.05) is 42.3 Å². The van der Waals surface area contributed by atoms with E-state index in [9.17, 15) is 0 Å². The van der Waals surface area contributed by atoms with Gasteiger partial charge in [0.2, 0.25) is 0 Å². The molecule has 0 spiro atoms. The van der Waals surface area contributed by atoms with E-state index >= 15 is 0 Å². The van der Waals surface area contributed by atoms with Crippen LogP contribution < -0.4 is 5.32 Å². The van der Waals surface area contributed by atoms with E-state index < -0.39 is 0 Å². The number of aliphatic imine (C=N–C) groups is 1. The quantitative estimate of drug-likeness (QED) is 0.422. The molecule has 1 unspecified atom stereocenters. The molecule has 4 rings (SSSR count). The van der Waals surface area contributed by atoms with E-state index in [-0.39, 0.29) is 6.10 Å². The maximum atomic E-state index is 5.98. The van der Waals surface area contributed by atoms with Crippen LogP contribution in [0.2, 0.25) is 0 Å². The minimum atomic E-state index is 0.00600. The number of guanidine groups is 1. The fourth-order valence-electron chi connectivity index (χ4n) is 3.84. The molecule has 1 fully saturated rings. The molecule has 0 amide bonds. The summed E-state index contributed by atoms with van der Waals surface area (Å²) >= 11 is 0. The average Bonchev–Trinajstić information content (AvgIpc) is 3.30. The summed E-state index contributed by atoms with van der Waals surface area (Å²) < 4.78 is 13.6. The van der Waals surface area contributed by atoms with Crippen molar-refractivity contribution in [2.75, 3.05) is 26.2 Å². The number of hydrogen-bond acceptors (Lipinski definition) is 4. The first-order valence-corrected chi connectivity index (χ1v) is 11.5. The Morgan fingerprint density at radius 3 is 2.52 bits per heavy atom. The lowest BCUT2D eigenvalue weighted by Gasteiger charge is -2.34. The van der Waals surface area contributed by atoms with Gasteiger partial charge in [0.1, 0.15) is 6.10 Å². The zero-order valence-electron chi connectivity index (χ0n) is 19.5. The summed E-state index contributed by atoms with van der Waals surface area (Å²) in [5.74, 6) is 0.921. The number of benzene rings is 2. The minimum absolute atomic E-state index is 0.00600. The van der Waals surface area contributed by atoms with Gasteiger partial charge in [-0.15, -0.1) is 0 Å². The molecular formula is C26H33N5O2. The Morgan fingerprint density at radius 1 is 1.09 bits per heavy atom. The van der Waals surface area contributed by atoms with Crippen molar-refractivity contribution in [3.05, 3.63) is 89.2 Å². The van der Waals surface area contributed by atoms with Crippen molar-refractivity contribution in [3.8, 4) is 0 Å². The van der Waals surface area contributed by atoms with Crippen LogP contribution in [0.25, 0.3) is 0 Å². The second-order valence-electron chi connectivity index (χ2n) is 8.22. The van der Waals surface area contributed by atoms with Crippen LogP contribution in [-0.4, -0.2) is 46.9 Å². The third kappa shape index (κ3) is 6.66. The Kier molecular flexibility index (Phi) is 8.11. The number of aryl methyl sites for hydroxylation is 1. The normalized spacial score (nSPS) is 16.7. The second kappa shape index (κ2) is 11.6. The SMILES string of the molecule is CCNC(=NCc1ccc(COCc2ccccc2)cc1)N1CCOC(c2cnn(C)c2)C1. The number of nitrogens with one attached hydrogen (secondary N) is 1. The van der Waals surface area contributed by atoms with Gasteiger partial charge in [0, 0.05) is 31.9 Å². The van der Waals surface area contributed by atoms with Gasteiger partial charge in [0.05, 0.1) is 39.1 Å². The predicted octanol–water partition coefficient (Wildman–Crippen LogP) is 3.68. The first-order valence-electron chi connectivity index (χ1n) is 11.5. The van der Waals surface area contributed by atoms with Crippen LogP contribution in [0.15, 0.2) is 72.0 Å². The third-order valence-electron chi connectivity index (χ3n) is 5.61. The fraction of sp³-hybridized carbons (Fsp3) is 0.385. The Balaban J connectivity index is 1.32. The molecule has 33 heavy (non-hydrogen) atoms.